The molecule has 6 nitrogen and oxygen atoms in total. The third-order valence-electron chi connectivity index (χ3n) is 2.54. The molecule has 0 spiro atoms. The molecule has 0 aliphatic carbocycles. The van der Waals surface area contributed by atoms with Crippen molar-refractivity contribution in [3.63, 3.8) is 0 Å². The first-order valence-electron chi connectivity index (χ1n) is 6.00. The van der Waals surface area contributed by atoms with E-state index in [9.17, 15) is 14.4 Å². The van der Waals surface area contributed by atoms with Crippen molar-refractivity contribution in [1.82, 2.24) is 10.6 Å². The molecule has 1 rings (SSSR count). The Morgan fingerprint density at radius 1 is 1.20 bits per heavy atom. The number of rotatable bonds is 6. The van der Waals surface area contributed by atoms with Crippen LogP contribution in [-0.2, 0) is 20.8 Å². The molecular weight excluding hydrogens is 260 g/mol. The molecule has 1 aromatic carbocycles. The molecule has 1 atom stereocenters. The fraction of sp³-hybridized carbons (Fsp3) is 0.214. The first-order valence-corrected chi connectivity index (χ1v) is 6.00. The average Bonchev–Trinajstić information content (AvgIpc) is 2.44. The van der Waals surface area contributed by atoms with Gasteiger partial charge in [0.2, 0.25) is 11.8 Å². The molecule has 20 heavy (non-hydrogen) atoms. The van der Waals surface area contributed by atoms with Gasteiger partial charge in [0, 0.05) is 25.6 Å². The van der Waals surface area contributed by atoms with Crippen LogP contribution < -0.4 is 10.6 Å². The van der Waals surface area contributed by atoms with Crippen LogP contribution in [0, 0.1) is 0 Å². The van der Waals surface area contributed by atoms with Gasteiger partial charge < -0.3 is 15.7 Å². The summed E-state index contributed by atoms with van der Waals surface area (Å²) in [6, 6.07) is 8.45. The topological polar surface area (TPSA) is 95.5 Å². The van der Waals surface area contributed by atoms with Crippen LogP contribution in [0.3, 0.4) is 0 Å². The fourth-order valence-electron chi connectivity index (χ4n) is 1.60. The standard InChI is InChI=1S/C14H16N2O4/c1-15-14(20)11(9-10-5-3-2-4-6-10)16-12(17)7-8-13(18)19/h2-8,11H,9H2,1H3,(H,15,20)(H,16,17)(H,18,19)/b8-7+/t11-/m0/s1. The highest BCUT2D eigenvalue weighted by Crippen LogP contribution is 2.03. The smallest absolute Gasteiger partial charge is 0.328 e. The van der Waals surface area contributed by atoms with Crippen molar-refractivity contribution in [2.24, 2.45) is 0 Å². The van der Waals surface area contributed by atoms with Crippen molar-refractivity contribution in [2.45, 2.75) is 12.5 Å². The second-order valence-corrected chi connectivity index (χ2v) is 4.04. The minimum Gasteiger partial charge on any atom is -0.478 e. The molecule has 2 amide bonds. The quantitative estimate of drug-likeness (QED) is 0.642. The number of benzene rings is 1. The third-order valence-corrected chi connectivity index (χ3v) is 2.54. The van der Waals surface area contributed by atoms with Crippen molar-refractivity contribution in [2.75, 3.05) is 7.05 Å². The number of nitrogens with one attached hydrogen (secondary N) is 2. The van der Waals surface area contributed by atoms with Gasteiger partial charge in [-0.3, -0.25) is 9.59 Å². The maximum absolute atomic E-state index is 11.7. The molecule has 0 saturated carbocycles. The van der Waals surface area contributed by atoms with Gasteiger partial charge >= 0.3 is 5.97 Å². The highest BCUT2D eigenvalue weighted by atomic mass is 16.4. The van der Waals surface area contributed by atoms with Crippen molar-refractivity contribution >= 4 is 17.8 Å². The van der Waals surface area contributed by atoms with Gasteiger partial charge in [-0.05, 0) is 5.56 Å². The van der Waals surface area contributed by atoms with E-state index in [0.717, 1.165) is 17.7 Å². The summed E-state index contributed by atoms with van der Waals surface area (Å²) in [4.78, 5) is 33.6. The highest BCUT2D eigenvalue weighted by Gasteiger charge is 2.19. The summed E-state index contributed by atoms with van der Waals surface area (Å²) in [6.45, 7) is 0. The number of carboxylic acid groups (broad SMARTS) is 1. The monoisotopic (exact) mass is 276 g/mol. The van der Waals surface area contributed by atoms with E-state index in [1.807, 2.05) is 30.3 Å². The Balaban J connectivity index is 2.73. The van der Waals surface area contributed by atoms with Crippen LogP contribution in [0.2, 0.25) is 0 Å². The Hall–Kier alpha value is -2.63. The lowest BCUT2D eigenvalue weighted by atomic mass is 10.1. The molecule has 6 heteroatoms. The van der Waals surface area contributed by atoms with E-state index in [4.69, 9.17) is 5.11 Å². The molecule has 0 radical (unpaired) electrons. The lowest BCUT2D eigenvalue weighted by Crippen LogP contribution is -2.46. The largest absolute Gasteiger partial charge is 0.478 e. The normalized spacial score (nSPS) is 11.8. The average molecular weight is 276 g/mol. The van der Waals surface area contributed by atoms with Crippen LogP contribution in [0.5, 0.6) is 0 Å². The summed E-state index contributed by atoms with van der Waals surface area (Å²) >= 11 is 0. The second-order valence-electron chi connectivity index (χ2n) is 4.04. The minimum atomic E-state index is -1.22. The zero-order valence-corrected chi connectivity index (χ0v) is 11.0. The van der Waals surface area contributed by atoms with Crippen LogP contribution in [0.15, 0.2) is 42.5 Å². The van der Waals surface area contributed by atoms with E-state index in [1.54, 1.807) is 0 Å². The SMILES string of the molecule is CNC(=O)[C@H](Cc1ccccc1)NC(=O)/C=C/C(=O)O. The van der Waals surface area contributed by atoms with Crippen LogP contribution in [0.1, 0.15) is 5.56 Å². The molecule has 0 fully saturated rings. The molecule has 0 unspecified atom stereocenters. The Labute approximate surface area is 116 Å². The molecule has 0 aliphatic heterocycles. The third kappa shape index (κ3) is 5.34. The fourth-order valence-corrected chi connectivity index (χ4v) is 1.60. The maximum Gasteiger partial charge on any atom is 0.328 e. The summed E-state index contributed by atoms with van der Waals surface area (Å²) in [5, 5.41) is 13.4. The number of hydrogen-bond acceptors (Lipinski definition) is 3. The molecule has 0 saturated heterocycles. The molecular formula is C14H16N2O4. The van der Waals surface area contributed by atoms with E-state index in [0.29, 0.717) is 6.42 Å². The van der Waals surface area contributed by atoms with E-state index in [-0.39, 0.29) is 5.91 Å². The Morgan fingerprint density at radius 2 is 1.85 bits per heavy atom. The van der Waals surface area contributed by atoms with Gasteiger partial charge in [-0.15, -0.1) is 0 Å². The van der Waals surface area contributed by atoms with Crippen LogP contribution in [0.25, 0.3) is 0 Å². The summed E-state index contributed by atoms with van der Waals surface area (Å²) in [7, 11) is 1.47. The first-order chi connectivity index (χ1) is 9.52. The van der Waals surface area contributed by atoms with E-state index < -0.39 is 17.9 Å². The zero-order valence-electron chi connectivity index (χ0n) is 11.0. The maximum atomic E-state index is 11.7. The van der Waals surface area contributed by atoms with Gasteiger partial charge in [0.15, 0.2) is 0 Å². The number of carbonyl (C=O) groups excluding carboxylic acids is 2. The minimum absolute atomic E-state index is 0.327. The predicted octanol–water partition coefficient (Wildman–Crippen LogP) is 0.101. The summed E-state index contributed by atoms with van der Waals surface area (Å²) in [6.07, 6.45) is 1.93. The molecule has 0 aromatic heterocycles. The van der Waals surface area contributed by atoms with Crippen LogP contribution >= 0.6 is 0 Å². The van der Waals surface area contributed by atoms with E-state index in [1.165, 1.54) is 7.05 Å². The van der Waals surface area contributed by atoms with Gasteiger partial charge in [-0.1, -0.05) is 30.3 Å². The summed E-state index contributed by atoms with van der Waals surface area (Å²) in [5.41, 5.74) is 0.892. The Bertz CT molecular complexity index is 511. The van der Waals surface area contributed by atoms with Crippen molar-refractivity contribution in [1.29, 1.82) is 0 Å². The first kappa shape index (κ1) is 15.4. The van der Waals surface area contributed by atoms with Crippen molar-refractivity contribution < 1.29 is 19.5 Å². The van der Waals surface area contributed by atoms with E-state index in [2.05, 4.69) is 10.6 Å². The number of likely N-dealkylation sites (N-methyl/N-ethyl adjacent to an activating group) is 1. The van der Waals surface area contributed by atoms with Gasteiger partial charge in [0.25, 0.3) is 0 Å². The van der Waals surface area contributed by atoms with Crippen LogP contribution in [-0.4, -0.2) is 36.0 Å². The molecule has 0 heterocycles. The van der Waals surface area contributed by atoms with E-state index >= 15 is 0 Å². The van der Waals surface area contributed by atoms with Crippen molar-refractivity contribution in [3.05, 3.63) is 48.0 Å². The Kier molecular flexibility index (Phi) is 5.96. The molecule has 3 N–H and O–H groups in total. The van der Waals surface area contributed by atoms with Crippen molar-refractivity contribution in [3.8, 4) is 0 Å². The summed E-state index contributed by atoms with van der Waals surface area (Å²) in [5.74, 6) is -2.19. The van der Waals surface area contributed by atoms with Gasteiger partial charge in [0.05, 0.1) is 0 Å². The summed E-state index contributed by atoms with van der Waals surface area (Å²) < 4.78 is 0. The number of carboxylic acids is 1. The molecule has 106 valence electrons. The Morgan fingerprint density at radius 3 is 2.40 bits per heavy atom. The number of aliphatic carboxylic acids is 1. The number of hydrogen-bond donors (Lipinski definition) is 3. The van der Waals surface area contributed by atoms with Crippen LogP contribution in [0.4, 0.5) is 0 Å². The number of amides is 2. The molecule has 0 aliphatic rings. The zero-order chi connectivity index (χ0) is 15.0. The van der Waals surface area contributed by atoms with Gasteiger partial charge in [-0.25, -0.2) is 4.79 Å². The van der Waals surface area contributed by atoms with Gasteiger partial charge in [0.1, 0.15) is 6.04 Å². The second kappa shape index (κ2) is 7.73. The number of carbonyl (C=O) groups is 3. The predicted molar refractivity (Wildman–Crippen MR) is 72.9 cm³/mol. The lowest BCUT2D eigenvalue weighted by Gasteiger charge is -2.16. The molecule has 0 bridgehead atoms. The highest BCUT2D eigenvalue weighted by molar-refractivity contribution is 5.96. The van der Waals surface area contributed by atoms with Gasteiger partial charge in [-0.2, -0.15) is 0 Å². The molecule has 1 aromatic rings. The lowest BCUT2D eigenvalue weighted by molar-refractivity contribution is -0.131.